The number of methoxy groups -OCH3 is 2. The lowest BCUT2D eigenvalue weighted by Gasteiger charge is -2.46. The first-order valence-electron chi connectivity index (χ1n) is 12.0. The molecule has 0 bridgehead atoms. The zero-order valence-electron chi connectivity index (χ0n) is 21.8. The summed E-state index contributed by atoms with van der Waals surface area (Å²) in [5, 5.41) is 10.9. The van der Waals surface area contributed by atoms with Gasteiger partial charge in [-0.05, 0) is 54.3 Å². The van der Waals surface area contributed by atoms with Crippen LogP contribution in [-0.2, 0) is 6.42 Å². The molecule has 128 valence electrons. The van der Waals surface area contributed by atoms with Gasteiger partial charge in [-0.1, -0.05) is 13.8 Å². The summed E-state index contributed by atoms with van der Waals surface area (Å²) in [7, 11) is -1.66. The fraction of sp³-hybridized carbons (Fsp3) is 0.684. The van der Waals surface area contributed by atoms with Gasteiger partial charge in [0.15, 0.2) is 11.5 Å². The molecule has 2 heterocycles. The van der Waals surface area contributed by atoms with Crippen LogP contribution < -0.4 is 9.47 Å². The van der Waals surface area contributed by atoms with E-state index in [1.54, 1.807) is 0 Å². The standard InChI is InChI=1S/C19H29NO3/c1-12(2)7-14-11-20-6-5-13-8-18(22-3)19(23-4)9-15(13)16(20)10-17(14)21/h8-9,12,14,16-17,21H,5-7,10-11H2,1-4H3/i4D3,8D,9D,11D2,16D. The maximum Gasteiger partial charge on any atom is 0.161 e. The largest absolute Gasteiger partial charge is 0.493 e. The second-order valence-electron chi connectivity index (χ2n) is 6.55. The van der Waals surface area contributed by atoms with Crippen LogP contribution in [0.3, 0.4) is 0 Å². The number of benzene rings is 1. The average Bonchev–Trinajstić information content (AvgIpc) is 2.61. The first kappa shape index (κ1) is 9.28. The van der Waals surface area contributed by atoms with Crippen LogP contribution in [0.15, 0.2) is 12.1 Å². The van der Waals surface area contributed by atoms with Crippen LogP contribution in [0, 0.1) is 11.8 Å². The van der Waals surface area contributed by atoms with E-state index < -0.39 is 43.4 Å². The molecular weight excluding hydrogens is 290 g/mol. The number of rotatable bonds is 4. The molecular formula is C19H29NO3. The highest BCUT2D eigenvalue weighted by molar-refractivity contribution is 5.49. The van der Waals surface area contributed by atoms with Gasteiger partial charge in [0.25, 0.3) is 0 Å². The fourth-order valence-electron chi connectivity index (χ4n) is 3.34. The maximum absolute atomic E-state index is 10.9. The molecule has 1 saturated heterocycles. The van der Waals surface area contributed by atoms with Crippen molar-refractivity contribution in [3.63, 3.8) is 0 Å². The van der Waals surface area contributed by atoms with Gasteiger partial charge in [0.2, 0.25) is 0 Å². The number of fused-ring (bicyclic) bond motifs is 3. The number of piperidine rings is 1. The first-order chi connectivity index (χ1) is 14.1. The molecule has 1 N–H and O–H groups in total. The average molecular weight is 327 g/mol. The van der Waals surface area contributed by atoms with E-state index in [9.17, 15) is 6.48 Å². The van der Waals surface area contributed by atoms with Crippen LogP contribution in [0.5, 0.6) is 11.5 Å². The first-order valence-corrected chi connectivity index (χ1v) is 8.00. The van der Waals surface area contributed by atoms with E-state index in [2.05, 4.69) is 0 Å². The molecule has 3 atom stereocenters. The number of aliphatic hydroxyl groups is 1. The Morgan fingerprint density at radius 3 is 2.96 bits per heavy atom. The number of hydrogen-bond acceptors (Lipinski definition) is 4. The molecule has 3 unspecified atom stereocenters. The van der Waals surface area contributed by atoms with Crippen molar-refractivity contribution < 1.29 is 25.5 Å². The molecule has 23 heavy (non-hydrogen) atoms. The highest BCUT2D eigenvalue weighted by Gasteiger charge is 2.38. The molecule has 2 aliphatic heterocycles. The van der Waals surface area contributed by atoms with E-state index >= 15 is 0 Å². The van der Waals surface area contributed by atoms with Crippen molar-refractivity contribution in [1.29, 1.82) is 0 Å². The predicted octanol–water partition coefficient (Wildman–Crippen LogP) is 3.03. The van der Waals surface area contributed by atoms with Crippen molar-refractivity contribution in [2.75, 3.05) is 27.2 Å². The summed E-state index contributed by atoms with van der Waals surface area (Å²) in [6, 6.07) is -2.46. The second kappa shape index (κ2) is 6.70. The van der Waals surface area contributed by atoms with Gasteiger partial charge < -0.3 is 14.6 Å². The van der Waals surface area contributed by atoms with Gasteiger partial charge in [-0.25, -0.2) is 0 Å². The smallest absolute Gasteiger partial charge is 0.161 e. The minimum atomic E-state index is -2.91. The molecule has 0 radical (unpaired) electrons. The normalized spacial score (nSPS) is 38.5. The third-order valence-corrected chi connectivity index (χ3v) is 4.43. The van der Waals surface area contributed by atoms with E-state index in [4.69, 9.17) is 19.1 Å². The molecule has 2 aliphatic rings. The molecule has 4 heteroatoms. The van der Waals surface area contributed by atoms with Crippen LogP contribution in [0.4, 0.5) is 0 Å². The van der Waals surface area contributed by atoms with Gasteiger partial charge in [0.1, 0.15) is 0 Å². The Morgan fingerprint density at radius 1 is 1.48 bits per heavy atom. The molecule has 1 aromatic rings. The van der Waals surface area contributed by atoms with Crippen LogP contribution in [0.2, 0.25) is 0 Å². The third-order valence-electron chi connectivity index (χ3n) is 4.43. The van der Waals surface area contributed by atoms with Crippen molar-refractivity contribution in [3.05, 3.63) is 23.2 Å². The lowest BCUT2D eigenvalue weighted by molar-refractivity contribution is -0.0191. The summed E-state index contributed by atoms with van der Waals surface area (Å²) < 4.78 is 76.3. The summed E-state index contributed by atoms with van der Waals surface area (Å²) in [5.74, 6) is -1.25. The second-order valence-corrected chi connectivity index (χ2v) is 6.55. The van der Waals surface area contributed by atoms with Crippen LogP contribution >= 0.6 is 0 Å². The van der Waals surface area contributed by atoms with Gasteiger partial charge >= 0.3 is 0 Å². The van der Waals surface area contributed by atoms with Crippen LogP contribution in [0.25, 0.3) is 0 Å². The van der Waals surface area contributed by atoms with Gasteiger partial charge in [-0.15, -0.1) is 0 Å². The number of nitrogens with zero attached hydrogens (tertiary/aromatic N) is 1. The molecule has 1 aromatic carbocycles. The quantitative estimate of drug-likeness (QED) is 0.923. The summed E-state index contributed by atoms with van der Waals surface area (Å²) in [5.41, 5.74) is 0.311. The Balaban J connectivity index is 2.22. The summed E-state index contributed by atoms with van der Waals surface area (Å²) in [6.45, 7) is 1.98. The molecule has 0 spiro atoms. The monoisotopic (exact) mass is 327 g/mol. The number of hydrogen-bond donors (Lipinski definition) is 1. The third kappa shape index (κ3) is 3.20. The predicted molar refractivity (Wildman–Crippen MR) is 91.1 cm³/mol. The van der Waals surface area contributed by atoms with E-state index in [0.717, 1.165) is 0 Å². The lowest BCUT2D eigenvalue weighted by atomic mass is 9.79. The Labute approximate surface area is 150 Å². The van der Waals surface area contributed by atoms with E-state index in [1.165, 1.54) is 12.0 Å². The van der Waals surface area contributed by atoms with E-state index in [0.29, 0.717) is 12.0 Å². The van der Waals surface area contributed by atoms with Crippen molar-refractivity contribution in [2.24, 2.45) is 11.8 Å². The topological polar surface area (TPSA) is 41.9 Å². The highest BCUT2D eigenvalue weighted by Crippen LogP contribution is 2.43. The highest BCUT2D eigenvalue weighted by atomic mass is 16.5. The molecule has 4 nitrogen and oxygen atoms in total. The summed E-state index contributed by atoms with van der Waals surface area (Å²) in [4.78, 5) is 1.34. The molecule has 0 aromatic heterocycles. The Bertz CT molecular complexity index is 860. The molecule has 0 saturated carbocycles. The molecule has 0 amide bonds. The van der Waals surface area contributed by atoms with Crippen molar-refractivity contribution >= 4 is 0 Å². The fourth-order valence-corrected chi connectivity index (χ4v) is 3.34. The maximum atomic E-state index is 10.9. The Kier molecular flexibility index (Phi) is 2.70. The molecule has 1 fully saturated rings. The van der Waals surface area contributed by atoms with Crippen LogP contribution in [-0.4, -0.2) is 43.3 Å². The van der Waals surface area contributed by atoms with E-state index in [1.807, 2.05) is 13.8 Å². The van der Waals surface area contributed by atoms with Gasteiger partial charge in [0, 0.05) is 21.8 Å². The van der Waals surface area contributed by atoms with Crippen LogP contribution in [0.1, 0.15) is 54.8 Å². The van der Waals surface area contributed by atoms with Gasteiger partial charge in [0.05, 0.1) is 28.5 Å². The minimum Gasteiger partial charge on any atom is -0.493 e. The number of aliphatic hydroxyl groups excluding tert-OH is 1. The molecule has 0 aliphatic carbocycles. The minimum absolute atomic E-state index is 0.00489. The summed E-state index contributed by atoms with van der Waals surface area (Å²) >= 11 is 0. The van der Waals surface area contributed by atoms with E-state index in [-0.39, 0.29) is 42.7 Å². The van der Waals surface area contributed by atoms with Crippen molar-refractivity contribution in [1.82, 2.24) is 4.90 Å². The molecule has 3 rings (SSSR count). The number of ether oxygens (including phenoxy) is 2. The zero-order valence-corrected chi connectivity index (χ0v) is 13.8. The Hall–Kier alpha value is -1.26. The lowest BCUT2D eigenvalue weighted by Crippen LogP contribution is -2.48. The Morgan fingerprint density at radius 2 is 2.26 bits per heavy atom. The SMILES string of the molecule is [2H]c1c2c(c([2H])c(OC([2H])([2H])[2H])c1OC)C1([2H])CC(O)C(CC(C)C)C([2H])([2H])N1CC2. The summed E-state index contributed by atoms with van der Waals surface area (Å²) in [6.07, 6.45) is -0.683. The zero-order chi connectivity index (χ0) is 23.5. The van der Waals surface area contributed by atoms with Crippen molar-refractivity contribution in [3.8, 4) is 11.5 Å². The van der Waals surface area contributed by atoms with Gasteiger partial charge in [-0.2, -0.15) is 0 Å². The van der Waals surface area contributed by atoms with Gasteiger partial charge in [-0.3, -0.25) is 4.90 Å². The van der Waals surface area contributed by atoms with Crippen molar-refractivity contribution in [2.45, 2.75) is 45.2 Å².